The number of carboxylic acid groups (broad SMARTS) is 1. The zero-order chi connectivity index (χ0) is 63.6. The van der Waals surface area contributed by atoms with Crippen LogP contribution in [0.1, 0.15) is 48.5 Å². The average molecular weight is 1240 g/mol. The molecule has 0 spiro atoms. The van der Waals surface area contributed by atoms with Gasteiger partial charge in [0.15, 0.2) is 0 Å². The minimum absolute atomic E-state index is 0.119. The van der Waals surface area contributed by atoms with Gasteiger partial charge in [0.1, 0.15) is 32.0 Å². The van der Waals surface area contributed by atoms with Crippen molar-refractivity contribution in [2.24, 2.45) is 0 Å². The first kappa shape index (κ1) is 79.2. The monoisotopic (exact) mass is 1240 g/mol. The van der Waals surface area contributed by atoms with E-state index in [-0.39, 0.29) is 17.6 Å². The molecule has 1 fully saturated rings. The maximum absolute atomic E-state index is 13.8. The summed E-state index contributed by atoms with van der Waals surface area (Å²) in [5, 5.41) is 18.7. The fraction of sp³-hybridized carbons (Fsp3) is 0.974. The molecule has 1 rings (SSSR count). The van der Waals surface area contributed by atoms with Crippen molar-refractivity contribution in [2.45, 2.75) is 156 Å². The molecule has 0 bridgehead atoms. The van der Waals surface area contributed by atoms with Gasteiger partial charge in [0, 0.05) is 5.97 Å². The molecule has 40 heteroatoms. The molecular formula is C38H50F32N2O6. The molecule has 1 saturated heterocycles. The number of carboxylic acids is 1. The lowest BCUT2D eigenvalue weighted by Gasteiger charge is -2.42. The fourth-order valence-electron chi connectivity index (χ4n) is 5.55. The Morgan fingerprint density at radius 2 is 0.756 bits per heavy atom. The number of aliphatic hydroxyl groups excluding tert-OH is 1. The van der Waals surface area contributed by atoms with Crippen molar-refractivity contribution in [2.75, 3.05) is 78.8 Å². The van der Waals surface area contributed by atoms with Crippen LogP contribution in [0.25, 0.3) is 0 Å². The lowest BCUT2D eigenvalue weighted by atomic mass is 9.89. The van der Waals surface area contributed by atoms with E-state index in [1.165, 1.54) is 19.6 Å². The van der Waals surface area contributed by atoms with Gasteiger partial charge in [-0.05, 0) is 47.3 Å². The first-order valence-corrected chi connectivity index (χ1v) is 21.4. The Morgan fingerprint density at radius 1 is 0.513 bits per heavy atom. The number of quaternary nitrogens is 1. The second kappa shape index (κ2) is 27.4. The zero-order valence-electron chi connectivity index (χ0n) is 40.8. The van der Waals surface area contributed by atoms with Gasteiger partial charge in [0.05, 0.1) is 39.5 Å². The number of epoxide rings is 1. The lowest BCUT2D eigenvalue weighted by Crippen LogP contribution is -2.74. The summed E-state index contributed by atoms with van der Waals surface area (Å²) in [6.07, 6.45) is -14.4. The third-order valence-corrected chi connectivity index (χ3v) is 11.0. The van der Waals surface area contributed by atoms with Crippen molar-refractivity contribution in [3.8, 4) is 0 Å². The summed E-state index contributed by atoms with van der Waals surface area (Å²) >= 11 is 0. The van der Waals surface area contributed by atoms with Gasteiger partial charge in [-0.1, -0.05) is 20.8 Å². The zero-order valence-corrected chi connectivity index (χ0v) is 40.8. The molecule has 0 aromatic rings. The molecule has 1 heterocycles. The van der Waals surface area contributed by atoms with Gasteiger partial charge in [-0.2, -0.15) is 123 Å². The van der Waals surface area contributed by atoms with Gasteiger partial charge in [-0.15, -0.1) is 0 Å². The van der Waals surface area contributed by atoms with Gasteiger partial charge in [0.25, 0.3) is 0 Å². The molecular weight excluding hydrogens is 1190 g/mol. The molecule has 0 aliphatic carbocycles. The summed E-state index contributed by atoms with van der Waals surface area (Å²) in [6.45, 7) is 8.67. The summed E-state index contributed by atoms with van der Waals surface area (Å²) in [4.78, 5) is 11.3. The summed E-state index contributed by atoms with van der Waals surface area (Å²) in [7, 11) is 0. The molecule has 0 aromatic heterocycles. The Balaban J connectivity index is -0.00000122. The molecule has 0 amide bonds. The number of likely N-dealkylation sites (N-methyl/N-ethyl adjacent to an activating group) is 1. The average Bonchev–Trinajstić information content (AvgIpc) is 4.12. The van der Waals surface area contributed by atoms with E-state index in [1.54, 1.807) is 20.8 Å². The Morgan fingerprint density at radius 3 is 0.974 bits per heavy atom. The topological polar surface area (TPSA) is 94.6 Å². The number of aliphatic carboxylic acids is 1. The predicted molar refractivity (Wildman–Crippen MR) is 200 cm³/mol. The Bertz CT molecular complexity index is 1780. The van der Waals surface area contributed by atoms with E-state index in [0.717, 1.165) is 6.92 Å². The highest BCUT2D eigenvalue weighted by Crippen LogP contribution is 2.64. The third-order valence-electron chi connectivity index (χ3n) is 11.0. The first-order valence-electron chi connectivity index (χ1n) is 21.4. The summed E-state index contributed by atoms with van der Waals surface area (Å²) < 4.78 is 433. The second-order valence-corrected chi connectivity index (χ2v) is 16.2. The normalized spacial score (nSPS) is 16.8. The molecule has 2 atom stereocenters. The molecule has 78 heavy (non-hydrogen) atoms. The number of aliphatic hydroxyl groups is 1. The van der Waals surface area contributed by atoms with Crippen molar-refractivity contribution >= 4 is 5.97 Å². The SMILES string of the molecule is CC(=O)[O-].CCN(CC)CC.CC[N+](CC)(CC)CC(O)COCC(F)(F)C(F)(F)C(F)(F)C(F)(F)C(F)(F)C(F)(F)C(F)(F)C(F)F.FC(F)C(F)(F)C(F)(F)C(F)(F)C(F)(F)C(F)(F)C(F)(F)C(F)(F)COCC1CO1. The highest BCUT2D eigenvalue weighted by atomic mass is 19.4. The fourth-order valence-corrected chi connectivity index (χ4v) is 5.55. The van der Waals surface area contributed by atoms with Crippen molar-refractivity contribution in [1.82, 2.24) is 4.90 Å². The van der Waals surface area contributed by atoms with Crippen LogP contribution in [0.15, 0.2) is 0 Å². The van der Waals surface area contributed by atoms with Gasteiger partial charge < -0.3 is 38.6 Å². The minimum Gasteiger partial charge on any atom is -0.550 e. The van der Waals surface area contributed by atoms with Gasteiger partial charge in [-0.3, -0.25) is 0 Å². The molecule has 2 unspecified atom stereocenters. The van der Waals surface area contributed by atoms with E-state index in [2.05, 4.69) is 39.9 Å². The maximum atomic E-state index is 13.8. The minimum atomic E-state index is -8.44. The molecule has 1 N–H and O–H groups in total. The smallest absolute Gasteiger partial charge is 0.384 e. The number of rotatable bonds is 30. The molecule has 8 nitrogen and oxygen atoms in total. The van der Waals surface area contributed by atoms with E-state index in [1.807, 2.05) is 0 Å². The second-order valence-electron chi connectivity index (χ2n) is 16.2. The highest BCUT2D eigenvalue weighted by molar-refractivity contribution is 5.60. The number of hydrogen-bond acceptors (Lipinski definition) is 7. The van der Waals surface area contributed by atoms with Crippen molar-refractivity contribution in [3.05, 3.63) is 0 Å². The van der Waals surface area contributed by atoms with Crippen LogP contribution < -0.4 is 5.11 Å². The summed E-state index contributed by atoms with van der Waals surface area (Å²) in [6, 6.07) is 0. The maximum Gasteiger partial charge on any atom is 0.384 e. The first-order chi connectivity index (χ1) is 34.3. The van der Waals surface area contributed by atoms with E-state index in [0.29, 0.717) is 19.6 Å². The number of ether oxygens (including phenoxy) is 3. The van der Waals surface area contributed by atoms with Crippen LogP contribution >= 0.6 is 0 Å². The lowest BCUT2D eigenvalue weighted by molar-refractivity contribution is -0.926. The van der Waals surface area contributed by atoms with Crippen LogP contribution in [0.3, 0.4) is 0 Å². The van der Waals surface area contributed by atoms with E-state index >= 15 is 0 Å². The number of halogens is 32. The van der Waals surface area contributed by atoms with Gasteiger partial charge >= 0.3 is 95.8 Å². The van der Waals surface area contributed by atoms with E-state index in [4.69, 9.17) is 9.90 Å². The molecule has 0 radical (unpaired) electrons. The van der Waals surface area contributed by atoms with Gasteiger partial charge in [0.2, 0.25) is 0 Å². The Kier molecular flexibility index (Phi) is 27.8. The molecule has 472 valence electrons. The van der Waals surface area contributed by atoms with Crippen molar-refractivity contribution in [1.29, 1.82) is 0 Å². The number of carbonyl (C=O) groups excluding carboxylic acids is 1. The number of hydrogen-bond donors (Lipinski definition) is 1. The quantitative estimate of drug-likeness (QED) is 0.0435. The largest absolute Gasteiger partial charge is 0.550 e. The van der Waals surface area contributed by atoms with Crippen LogP contribution in [0.5, 0.6) is 0 Å². The molecule has 0 aromatic carbocycles. The predicted octanol–water partition coefficient (Wildman–Crippen LogP) is 11.2. The van der Waals surface area contributed by atoms with Crippen molar-refractivity contribution < 1.29 is 174 Å². The van der Waals surface area contributed by atoms with Crippen molar-refractivity contribution in [3.63, 3.8) is 0 Å². The number of alkyl halides is 32. The van der Waals surface area contributed by atoms with Crippen LogP contribution in [0, 0.1) is 0 Å². The number of nitrogens with zero attached hydrogens (tertiary/aromatic N) is 2. The van der Waals surface area contributed by atoms with E-state index < -0.39 is 140 Å². The molecule has 1 aliphatic heterocycles. The van der Waals surface area contributed by atoms with E-state index in [9.17, 15) is 146 Å². The van der Waals surface area contributed by atoms with Crippen LogP contribution in [-0.4, -0.2) is 207 Å². The van der Waals surface area contributed by atoms with Crippen LogP contribution in [0.4, 0.5) is 140 Å². The summed E-state index contributed by atoms with van der Waals surface area (Å²) in [5.74, 6) is -110. The van der Waals surface area contributed by atoms with Crippen LogP contribution in [0.2, 0.25) is 0 Å². The van der Waals surface area contributed by atoms with Gasteiger partial charge in [-0.25, -0.2) is 17.6 Å². The molecule has 0 saturated carbocycles. The van der Waals surface area contributed by atoms with Crippen LogP contribution in [-0.2, 0) is 19.0 Å². The third kappa shape index (κ3) is 16.0. The Hall–Kier alpha value is -3.01. The Labute approximate surface area is 420 Å². The summed E-state index contributed by atoms with van der Waals surface area (Å²) in [5.41, 5.74) is 0. The standard InChI is InChI=1S/C18H24F16NO2.C12H8F16O2.C6H15N.C2H4O2/c1-4-35(5-2,6-3)7-10(36)8-37-9-12(21,22)14(25,26)16(29,30)18(33,34)17(31,32)15(27,28)13(23,24)11(19)20;13-5(14)7(17,18)9(21,22)11(25,26)12(27,28)10(23,24)8(19,20)6(15,16)3-29-1-4-2-30-4;1-4-7(5-2)6-3;1-2(3)4/h10-11,36H,4-9H2,1-3H3;4-5H,1-3H2;4-6H2,1-3H3;1H3,(H,3,4)/q+1;;;/p-1. The highest BCUT2D eigenvalue weighted by Gasteiger charge is 2.95. The molecule has 1 aliphatic rings. The number of carbonyl (C=O) groups is 1.